The first-order valence-corrected chi connectivity index (χ1v) is 6.76. The van der Waals surface area contributed by atoms with Crippen molar-refractivity contribution in [3.63, 3.8) is 0 Å². The van der Waals surface area contributed by atoms with Crippen LogP contribution < -0.4 is 5.32 Å². The lowest BCUT2D eigenvalue weighted by Crippen LogP contribution is -2.33. The molecule has 1 aromatic heterocycles. The summed E-state index contributed by atoms with van der Waals surface area (Å²) in [6.07, 6.45) is 6.54. The monoisotopic (exact) mass is 233 g/mol. The Morgan fingerprint density at radius 3 is 2.82 bits per heavy atom. The number of nitrogens with zero attached hydrogens (tertiary/aromatic N) is 2. The number of aryl methyl sites for hydroxylation is 1. The highest BCUT2D eigenvalue weighted by molar-refractivity contribution is 5.36. The molecular formula is C14H23N3. The molecule has 1 aromatic rings. The molecule has 1 saturated carbocycles. The predicted octanol–water partition coefficient (Wildman–Crippen LogP) is 3.28. The van der Waals surface area contributed by atoms with Gasteiger partial charge in [-0.25, -0.2) is 9.97 Å². The van der Waals surface area contributed by atoms with Crippen molar-refractivity contribution in [3.05, 3.63) is 18.1 Å². The molecule has 1 fully saturated rings. The van der Waals surface area contributed by atoms with Gasteiger partial charge < -0.3 is 5.32 Å². The highest BCUT2D eigenvalue weighted by atomic mass is 15.0. The summed E-state index contributed by atoms with van der Waals surface area (Å²) in [6.45, 7) is 6.82. The standard InChI is InChI=1S/C14H23N3/c1-4-12-8-14(16-9-15-12)17-13-6-5-10(2)7-11(13)3/h8-11,13H,4-7H2,1-3H3,(H,15,16,17). The molecule has 3 nitrogen and oxygen atoms in total. The van der Waals surface area contributed by atoms with Crippen molar-refractivity contribution >= 4 is 5.82 Å². The van der Waals surface area contributed by atoms with Crippen molar-refractivity contribution in [2.75, 3.05) is 5.32 Å². The molecule has 0 bridgehead atoms. The number of nitrogens with one attached hydrogen (secondary N) is 1. The van der Waals surface area contributed by atoms with Gasteiger partial charge in [0, 0.05) is 17.8 Å². The summed E-state index contributed by atoms with van der Waals surface area (Å²) in [7, 11) is 0. The van der Waals surface area contributed by atoms with Gasteiger partial charge in [-0.05, 0) is 37.5 Å². The van der Waals surface area contributed by atoms with Crippen molar-refractivity contribution in [1.29, 1.82) is 0 Å². The van der Waals surface area contributed by atoms with Crippen LogP contribution in [0.15, 0.2) is 12.4 Å². The molecule has 0 spiro atoms. The molecule has 0 aromatic carbocycles. The van der Waals surface area contributed by atoms with Crippen molar-refractivity contribution in [3.8, 4) is 0 Å². The Hall–Kier alpha value is -1.12. The molecule has 2 rings (SSSR count). The first-order chi connectivity index (χ1) is 8.19. The Morgan fingerprint density at radius 1 is 1.29 bits per heavy atom. The van der Waals surface area contributed by atoms with Gasteiger partial charge in [-0.2, -0.15) is 0 Å². The highest BCUT2D eigenvalue weighted by Gasteiger charge is 2.25. The van der Waals surface area contributed by atoms with Crippen LogP contribution in [0.3, 0.4) is 0 Å². The van der Waals surface area contributed by atoms with Crippen molar-refractivity contribution in [2.45, 2.75) is 52.5 Å². The first-order valence-electron chi connectivity index (χ1n) is 6.76. The van der Waals surface area contributed by atoms with E-state index in [9.17, 15) is 0 Å². The van der Waals surface area contributed by atoms with E-state index in [2.05, 4.69) is 42.1 Å². The van der Waals surface area contributed by atoms with Crippen LogP contribution in [-0.2, 0) is 6.42 Å². The SMILES string of the molecule is CCc1cc(NC2CCC(C)CC2C)ncn1. The number of rotatable bonds is 3. The second-order valence-corrected chi connectivity index (χ2v) is 5.39. The average Bonchev–Trinajstić information content (AvgIpc) is 2.33. The van der Waals surface area contributed by atoms with Gasteiger partial charge in [-0.15, -0.1) is 0 Å². The second kappa shape index (κ2) is 5.48. The lowest BCUT2D eigenvalue weighted by Gasteiger charge is -2.33. The zero-order chi connectivity index (χ0) is 12.3. The highest BCUT2D eigenvalue weighted by Crippen LogP contribution is 2.30. The minimum Gasteiger partial charge on any atom is -0.367 e. The summed E-state index contributed by atoms with van der Waals surface area (Å²) < 4.78 is 0. The second-order valence-electron chi connectivity index (χ2n) is 5.39. The van der Waals surface area contributed by atoms with Gasteiger partial charge >= 0.3 is 0 Å². The Bertz CT molecular complexity index is 364. The van der Waals surface area contributed by atoms with Gasteiger partial charge in [0.15, 0.2) is 0 Å². The van der Waals surface area contributed by atoms with Crippen LogP contribution in [0.2, 0.25) is 0 Å². The fourth-order valence-corrected chi connectivity index (χ4v) is 2.74. The zero-order valence-corrected chi connectivity index (χ0v) is 11.1. The third-order valence-electron chi connectivity index (χ3n) is 3.85. The summed E-state index contributed by atoms with van der Waals surface area (Å²) in [5.74, 6) is 2.60. The minimum absolute atomic E-state index is 0.575. The molecule has 0 aliphatic heterocycles. The quantitative estimate of drug-likeness (QED) is 0.870. The van der Waals surface area contributed by atoms with Crippen molar-refractivity contribution < 1.29 is 0 Å². The number of hydrogen-bond acceptors (Lipinski definition) is 3. The van der Waals surface area contributed by atoms with Crippen LogP contribution in [0.25, 0.3) is 0 Å². The number of anilines is 1. The minimum atomic E-state index is 0.575. The molecule has 3 heteroatoms. The summed E-state index contributed by atoms with van der Waals surface area (Å²) in [6, 6.07) is 2.65. The van der Waals surface area contributed by atoms with Crippen LogP contribution in [0.4, 0.5) is 5.82 Å². The Kier molecular flexibility index (Phi) is 3.97. The lowest BCUT2D eigenvalue weighted by atomic mass is 9.80. The summed E-state index contributed by atoms with van der Waals surface area (Å²) in [4.78, 5) is 8.54. The maximum Gasteiger partial charge on any atom is 0.129 e. The van der Waals surface area contributed by atoms with E-state index in [0.717, 1.165) is 29.8 Å². The Labute approximate surface area is 104 Å². The van der Waals surface area contributed by atoms with E-state index >= 15 is 0 Å². The van der Waals surface area contributed by atoms with E-state index in [1.54, 1.807) is 6.33 Å². The topological polar surface area (TPSA) is 37.8 Å². The van der Waals surface area contributed by atoms with Crippen LogP contribution >= 0.6 is 0 Å². The average molecular weight is 233 g/mol. The normalized spacial score (nSPS) is 29.0. The van der Waals surface area contributed by atoms with E-state index in [0.29, 0.717) is 6.04 Å². The van der Waals surface area contributed by atoms with Crippen LogP contribution in [0, 0.1) is 11.8 Å². The number of hydrogen-bond donors (Lipinski definition) is 1. The molecule has 0 saturated heterocycles. The molecule has 1 heterocycles. The van der Waals surface area contributed by atoms with Gasteiger partial charge in [0.05, 0.1) is 0 Å². The molecule has 1 aliphatic carbocycles. The van der Waals surface area contributed by atoms with Crippen molar-refractivity contribution in [2.24, 2.45) is 11.8 Å². The van der Waals surface area contributed by atoms with Crippen LogP contribution in [0.1, 0.15) is 45.7 Å². The fourth-order valence-electron chi connectivity index (χ4n) is 2.74. The van der Waals surface area contributed by atoms with Gasteiger partial charge in [-0.1, -0.05) is 20.8 Å². The molecule has 3 atom stereocenters. The molecular weight excluding hydrogens is 210 g/mol. The Balaban J connectivity index is 2.00. The molecule has 0 radical (unpaired) electrons. The predicted molar refractivity (Wildman–Crippen MR) is 71.0 cm³/mol. The van der Waals surface area contributed by atoms with E-state index in [-0.39, 0.29) is 0 Å². The van der Waals surface area contributed by atoms with Gasteiger partial charge in [0.25, 0.3) is 0 Å². The first kappa shape index (κ1) is 12.3. The third-order valence-corrected chi connectivity index (χ3v) is 3.85. The van der Waals surface area contributed by atoms with Gasteiger partial charge in [0.2, 0.25) is 0 Å². The third kappa shape index (κ3) is 3.18. The lowest BCUT2D eigenvalue weighted by molar-refractivity contribution is 0.276. The Morgan fingerprint density at radius 2 is 2.12 bits per heavy atom. The van der Waals surface area contributed by atoms with Crippen LogP contribution in [0.5, 0.6) is 0 Å². The largest absolute Gasteiger partial charge is 0.367 e. The summed E-state index contributed by atoms with van der Waals surface area (Å²) in [5, 5.41) is 3.57. The smallest absolute Gasteiger partial charge is 0.129 e. The van der Waals surface area contributed by atoms with Gasteiger partial charge in [-0.3, -0.25) is 0 Å². The van der Waals surface area contributed by atoms with E-state index < -0.39 is 0 Å². The van der Waals surface area contributed by atoms with E-state index in [4.69, 9.17) is 0 Å². The molecule has 94 valence electrons. The number of aromatic nitrogens is 2. The summed E-state index contributed by atoms with van der Waals surface area (Å²) >= 11 is 0. The van der Waals surface area contributed by atoms with Gasteiger partial charge in [0.1, 0.15) is 12.1 Å². The molecule has 1 N–H and O–H groups in total. The van der Waals surface area contributed by atoms with Crippen LogP contribution in [-0.4, -0.2) is 16.0 Å². The van der Waals surface area contributed by atoms with E-state index in [1.165, 1.54) is 19.3 Å². The summed E-state index contributed by atoms with van der Waals surface area (Å²) in [5.41, 5.74) is 1.11. The van der Waals surface area contributed by atoms with Crippen molar-refractivity contribution in [1.82, 2.24) is 9.97 Å². The molecule has 0 amide bonds. The fraction of sp³-hybridized carbons (Fsp3) is 0.714. The zero-order valence-electron chi connectivity index (χ0n) is 11.1. The molecule has 3 unspecified atom stereocenters. The maximum absolute atomic E-state index is 4.31. The van der Waals surface area contributed by atoms with E-state index in [1.807, 2.05) is 0 Å². The molecule has 1 aliphatic rings. The maximum atomic E-state index is 4.31. The molecule has 17 heavy (non-hydrogen) atoms.